The molecule has 9 amide bonds. The number of rotatable bonds is 29. The number of aliphatic carboxylic acids is 1. The van der Waals surface area contributed by atoms with E-state index in [1.807, 2.05) is 0 Å². The van der Waals surface area contributed by atoms with Crippen LogP contribution >= 0.6 is 0 Å². The number of H-pyrrole nitrogens is 1. The number of likely N-dealkylation sites (tertiary alicyclic amines) is 1. The summed E-state index contributed by atoms with van der Waals surface area (Å²) in [5, 5.41) is 58.5. The number of carboxylic acid groups (broad SMARTS) is 1. The number of para-hydroxylation sites is 1. The second kappa shape index (κ2) is 29.9. The van der Waals surface area contributed by atoms with Crippen LogP contribution in [-0.4, -0.2) is 164 Å². The molecule has 1 aromatic heterocycles. The quantitative estimate of drug-likeness (QED) is 0.0252. The van der Waals surface area contributed by atoms with E-state index in [0.29, 0.717) is 34.0 Å². The number of carbonyl (C=O) groups is 10. The number of aromatic amines is 1. The third kappa shape index (κ3) is 17.9. The molecule has 0 bridgehead atoms. The van der Waals surface area contributed by atoms with Gasteiger partial charge in [-0.25, -0.2) is 4.79 Å². The summed E-state index contributed by atoms with van der Waals surface area (Å²) in [5.74, 6) is -9.37. The molecule has 0 aliphatic carbocycles. The predicted molar refractivity (Wildman–Crippen MR) is 296 cm³/mol. The number of benzene rings is 4. The lowest BCUT2D eigenvalue weighted by atomic mass is 10.0. The fourth-order valence-corrected chi connectivity index (χ4v) is 9.34. The number of aromatic nitrogens is 1. The summed E-state index contributed by atoms with van der Waals surface area (Å²) < 4.78 is 0. The smallest absolute Gasteiger partial charge is 0.328 e. The number of phenols is 1. The summed E-state index contributed by atoms with van der Waals surface area (Å²) in [6.45, 7) is -0.580. The lowest BCUT2D eigenvalue weighted by Crippen LogP contribution is -2.60. The van der Waals surface area contributed by atoms with Crippen LogP contribution in [-0.2, 0) is 73.6 Å². The first kappa shape index (κ1) is 62.0. The summed E-state index contributed by atoms with van der Waals surface area (Å²) >= 11 is 0. The zero-order chi connectivity index (χ0) is 59.5. The van der Waals surface area contributed by atoms with Gasteiger partial charge >= 0.3 is 5.97 Å². The highest BCUT2D eigenvalue weighted by Gasteiger charge is 2.41. The Morgan fingerprint density at radius 3 is 1.84 bits per heavy atom. The molecule has 436 valence electrons. The Kier molecular flexibility index (Phi) is 22.6. The highest BCUT2D eigenvalue weighted by molar-refractivity contribution is 5.98. The number of primary amides is 1. The first-order chi connectivity index (χ1) is 39.2. The number of carbonyl (C=O) groups excluding carboxylic acids is 9. The normalized spacial score (nSPS) is 15.9. The monoisotopic (exact) mass is 1130 g/mol. The van der Waals surface area contributed by atoms with E-state index in [0.717, 1.165) is 5.56 Å². The van der Waals surface area contributed by atoms with Gasteiger partial charge in [0.2, 0.25) is 53.2 Å². The van der Waals surface area contributed by atoms with E-state index in [2.05, 4.69) is 42.2 Å². The maximum atomic E-state index is 14.9. The molecule has 82 heavy (non-hydrogen) atoms. The molecule has 0 unspecified atom stereocenters. The van der Waals surface area contributed by atoms with Gasteiger partial charge < -0.3 is 79.0 Å². The third-order valence-corrected chi connectivity index (χ3v) is 13.7. The molecule has 9 atom stereocenters. The molecule has 5 aromatic rings. The molecule has 1 fully saturated rings. The van der Waals surface area contributed by atoms with Gasteiger partial charge in [-0.2, -0.15) is 0 Å². The highest BCUT2D eigenvalue weighted by Crippen LogP contribution is 2.23. The lowest BCUT2D eigenvalue weighted by molar-refractivity contribution is -0.145. The number of nitrogens with zero attached hydrogens (tertiary/aromatic N) is 1. The van der Waals surface area contributed by atoms with Gasteiger partial charge in [0.1, 0.15) is 42.0 Å². The molecule has 6 rings (SSSR count). The van der Waals surface area contributed by atoms with Crippen molar-refractivity contribution >= 4 is 70.0 Å². The van der Waals surface area contributed by atoms with Crippen LogP contribution < -0.4 is 48.7 Å². The maximum absolute atomic E-state index is 14.9. The van der Waals surface area contributed by atoms with E-state index in [1.54, 1.807) is 91.1 Å². The Labute approximate surface area is 471 Å². The molecule has 25 nitrogen and oxygen atoms in total. The van der Waals surface area contributed by atoms with Crippen LogP contribution in [0.5, 0.6) is 5.75 Å². The van der Waals surface area contributed by atoms with Gasteiger partial charge in [-0.05, 0) is 73.1 Å². The van der Waals surface area contributed by atoms with Crippen molar-refractivity contribution in [1.82, 2.24) is 47.1 Å². The van der Waals surface area contributed by atoms with Gasteiger partial charge in [0.15, 0.2) is 6.04 Å². The summed E-state index contributed by atoms with van der Waals surface area (Å²) in [6, 6.07) is 18.8. The predicted octanol–water partition coefficient (Wildman–Crippen LogP) is -1.79. The Morgan fingerprint density at radius 1 is 0.646 bits per heavy atom. The Hall–Kier alpha value is -9.20. The summed E-state index contributed by atoms with van der Waals surface area (Å²) in [5.41, 5.74) is 14.5. The summed E-state index contributed by atoms with van der Waals surface area (Å²) in [4.78, 5) is 139. The average Bonchev–Trinajstić information content (AvgIpc) is 4.12. The molecule has 16 N–H and O–H groups in total. The molecule has 1 aliphatic rings. The van der Waals surface area contributed by atoms with Crippen LogP contribution in [0.4, 0.5) is 0 Å². The molecule has 25 heteroatoms. The van der Waals surface area contributed by atoms with Crippen molar-refractivity contribution in [3.8, 4) is 5.75 Å². The molecule has 0 saturated carbocycles. The number of fused-ring (bicyclic) bond motifs is 1. The van der Waals surface area contributed by atoms with Crippen LogP contribution in [0.3, 0.4) is 0 Å². The van der Waals surface area contributed by atoms with E-state index in [9.17, 15) is 68.4 Å². The maximum Gasteiger partial charge on any atom is 0.328 e. The minimum Gasteiger partial charge on any atom is -0.508 e. The number of aliphatic hydroxyl groups excluding tert-OH is 2. The molecule has 2 heterocycles. The SMILES string of the molecule is C[C@@H](O)[C@H](NC(=O)[C@H](Cc1ccccc1)NC(=O)[C@@H]1CCCN1C(=O)[C@H](Cc1ccc(O)cc1)NC(=O)[C@H](Cc1c[nH]c2ccccc12)NC(=O)[C@H](CO)NC(=O)CNC(=O)[C@H](CCC(N)=O)NC(=O)[C@@H](N)Cc1ccccc1)C(=O)O. The second-order valence-electron chi connectivity index (χ2n) is 19.9. The first-order valence-corrected chi connectivity index (χ1v) is 26.6. The largest absolute Gasteiger partial charge is 0.508 e. The van der Waals surface area contributed by atoms with Gasteiger partial charge in [0.05, 0.1) is 25.3 Å². The first-order valence-electron chi connectivity index (χ1n) is 26.6. The second-order valence-corrected chi connectivity index (χ2v) is 19.9. The van der Waals surface area contributed by atoms with Crippen LogP contribution in [0, 0.1) is 0 Å². The van der Waals surface area contributed by atoms with Gasteiger partial charge in [-0.1, -0.05) is 91.0 Å². The number of aliphatic hydroxyl groups is 2. The van der Waals surface area contributed by atoms with E-state index in [4.69, 9.17) is 11.5 Å². The lowest BCUT2D eigenvalue weighted by Gasteiger charge is -2.31. The number of phenolic OH excluding ortho intramolecular Hbond substituents is 1. The minimum atomic E-state index is -1.72. The van der Waals surface area contributed by atoms with Crippen molar-refractivity contribution in [2.75, 3.05) is 19.7 Å². The van der Waals surface area contributed by atoms with Crippen molar-refractivity contribution in [2.24, 2.45) is 11.5 Å². The number of aromatic hydroxyl groups is 1. The topological polar surface area (TPSA) is 407 Å². The molecule has 4 aromatic carbocycles. The standard InChI is InChI=1S/C57H69N11O14/c1-32(70)49(57(81)82)67-53(77)42(26-34-13-6-3-7-14-34)65-55(79)46-17-10-24-68(46)56(80)44(27-35-18-20-37(71)21-19-35)66-52(76)43(28-36-29-60-40-16-9-8-15-38(36)40)64-54(78)45(31-69)62-48(73)30-61-51(75)41(22-23-47(59)72)63-50(74)39(58)25-33-11-4-2-5-12-33/h2-9,11-16,18-21,29,32,39,41-46,49,60,69-71H,10,17,22-28,30-31,58H2,1H3,(H2,59,72)(H,61,75)(H,62,73)(H,63,74)(H,64,78)(H,65,79)(H,66,76)(H,67,77)(H,81,82)/t32-,39+,41+,42+,43+,44+,45+,46+,49+/m1/s1. The van der Waals surface area contributed by atoms with E-state index < -0.39 is 127 Å². The molecule has 1 saturated heterocycles. The van der Waals surface area contributed by atoms with Crippen molar-refractivity contribution in [1.29, 1.82) is 0 Å². The van der Waals surface area contributed by atoms with Gasteiger partial charge in [0.25, 0.3) is 0 Å². The van der Waals surface area contributed by atoms with E-state index >= 15 is 0 Å². The molecule has 0 spiro atoms. The molecular weight excluding hydrogens is 1060 g/mol. The van der Waals surface area contributed by atoms with E-state index in [-0.39, 0.29) is 57.2 Å². The zero-order valence-corrected chi connectivity index (χ0v) is 44.9. The Morgan fingerprint density at radius 2 is 1.21 bits per heavy atom. The van der Waals surface area contributed by atoms with Crippen molar-refractivity contribution in [2.45, 2.75) is 113 Å². The van der Waals surface area contributed by atoms with Gasteiger partial charge in [-0.15, -0.1) is 0 Å². The summed E-state index contributed by atoms with van der Waals surface area (Å²) in [6.07, 6.45) is -0.399. The highest BCUT2D eigenvalue weighted by atomic mass is 16.4. The minimum absolute atomic E-state index is 0.0248. The number of amides is 9. The van der Waals surface area contributed by atoms with Crippen molar-refractivity contribution in [3.63, 3.8) is 0 Å². The third-order valence-electron chi connectivity index (χ3n) is 13.7. The van der Waals surface area contributed by atoms with Crippen LogP contribution in [0.25, 0.3) is 10.9 Å². The van der Waals surface area contributed by atoms with Crippen molar-refractivity contribution < 1.29 is 68.4 Å². The van der Waals surface area contributed by atoms with Gasteiger partial charge in [0, 0.05) is 49.3 Å². The number of nitrogens with one attached hydrogen (secondary N) is 8. The van der Waals surface area contributed by atoms with Crippen LogP contribution in [0.2, 0.25) is 0 Å². The van der Waals surface area contributed by atoms with Crippen LogP contribution in [0.15, 0.2) is 115 Å². The number of nitrogens with two attached hydrogens (primary N) is 2. The number of hydrogen-bond acceptors (Lipinski definition) is 14. The molecular formula is C57H69N11O14. The van der Waals surface area contributed by atoms with Crippen molar-refractivity contribution in [3.05, 3.63) is 138 Å². The van der Waals surface area contributed by atoms with Crippen LogP contribution in [0.1, 0.15) is 54.9 Å². The Bertz CT molecular complexity index is 3050. The van der Waals surface area contributed by atoms with Gasteiger partial charge in [-0.3, -0.25) is 43.2 Å². The number of hydrogen-bond donors (Lipinski definition) is 14. The molecule has 0 radical (unpaired) electrons. The fourth-order valence-electron chi connectivity index (χ4n) is 9.34. The Balaban J connectivity index is 1.20. The summed E-state index contributed by atoms with van der Waals surface area (Å²) in [7, 11) is 0. The number of carboxylic acids is 1. The average molecular weight is 1130 g/mol. The van der Waals surface area contributed by atoms with E-state index in [1.165, 1.54) is 36.1 Å². The molecule has 1 aliphatic heterocycles. The zero-order valence-electron chi connectivity index (χ0n) is 44.9. The fraction of sp³-hybridized carbons (Fsp3) is 0.368.